The van der Waals surface area contributed by atoms with E-state index >= 15 is 0 Å². The van der Waals surface area contributed by atoms with Crippen LogP contribution in [0.25, 0.3) is 0 Å². The minimum absolute atomic E-state index is 0.329. The summed E-state index contributed by atoms with van der Waals surface area (Å²) in [6.45, 7) is 3.17. The predicted octanol–water partition coefficient (Wildman–Crippen LogP) is 3.75. The van der Waals surface area contributed by atoms with E-state index in [1.54, 1.807) is 0 Å². The zero-order chi connectivity index (χ0) is 12.6. The SMILES string of the molecule is CC1CC(Nc2c(Cl)cc(F)cc2Br)CN1C. The van der Waals surface area contributed by atoms with E-state index in [1.165, 1.54) is 12.1 Å². The van der Waals surface area contributed by atoms with Gasteiger partial charge in [0.25, 0.3) is 0 Å². The Balaban J connectivity index is 2.14. The van der Waals surface area contributed by atoms with Crippen LogP contribution in [0.2, 0.25) is 5.02 Å². The van der Waals surface area contributed by atoms with Crippen LogP contribution in [-0.4, -0.2) is 30.6 Å². The van der Waals surface area contributed by atoms with Gasteiger partial charge in [-0.2, -0.15) is 0 Å². The first-order valence-corrected chi connectivity index (χ1v) is 6.76. The van der Waals surface area contributed by atoms with Gasteiger partial charge in [-0.1, -0.05) is 11.6 Å². The highest BCUT2D eigenvalue weighted by Crippen LogP contribution is 2.33. The molecule has 0 saturated carbocycles. The Morgan fingerprint density at radius 1 is 1.53 bits per heavy atom. The van der Waals surface area contributed by atoms with Crippen molar-refractivity contribution in [1.29, 1.82) is 0 Å². The Hall–Kier alpha value is -0.320. The highest BCUT2D eigenvalue weighted by atomic mass is 79.9. The third kappa shape index (κ3) is 2.92. The second-order valence-electron chi connectivity index (χ2n) is 4.61. The number of anilines is 1. The van der Waals surface area contributed by atoms with E-state index in [-0.39, 0.29) is 5.82 Å². The lowest BCUT2D eigenvalue weighted by Crippen LogP contribution is -2.25. The summed E-state index contributed by atoms with van der Waals surface area (Å²) in [5.41, 5.74) is 0.778. The van der Waals surface area contributed by atoms with E-state index in [2.05, 4.69) is 40.1 Å². The molecular weight excluding hydrogens is 307 g/mol. The van der Waals surface area contributed by atoms with E-state index in [4.69, 9.17) is 11.6 Å². The molecule has 2 unspecified atom stereocenters. The van der Waals surface area contributed by atoms with Gasteiger partial charge in [0.05, 0.1) is 10.7 Å². The Kier molecular flexibility index (Phi) is 3.95. The molecule has 1 aliphatic rings. The molecule has 0 amide bonds. The van der Waals surface area contributed by atoms with Crippen LogP contribution in [0.5, 0.6) is 0 Å². The second-order valence-corrected chi connectivity index (χ2v) is 5.87. The Bertz CT molecular complexity index is 394. The van der Waals surface area contributed by atoms with Gasteiger partial charge in [0, 0.05) is 23.1 Å². The molecule has 5 heteroatoms. The molecule has 1 heterocycles. The highest BCUT2D eigenvalue weighted by molar-refractivity contribution is 9.10. The summed E-state index contributed by atoms with van der Waals surface area (Å²) in [5.74, 6) is -0.329. The van der Waals surface area contributed by atoms with Gasteiger partial charge in [-0.05, 0) is 48.5 Å². The minimum Gasteiger partial charge on any atom is -0.379 e. The monoisotopic (exact) mass is 320 g/mol. The molecule has 2 nitrogen and oxygen atoms in total. The largest absolute Gasteiger partial charge is 0.379 e. The van der Waals surface area contributed by atoms with Gasteiger partial charge in [-0.15, -0.1) is 0 Å². The van der Waals surface area contributed by atoms with Crippen molar-refractivity contribution in [3.63, 3.8) is 0 Å². The summed E-state index contributed by atoms with van der Waals surface area (Å²) in [4.78, 5) is 2.29. The molecule has 2 rings (SSSR count). The van der Waals surface area contributed by atoms with Crippen molar-refractivity contribution >= 4 is 33.2 Å². The third-order valence-corrected chi connectivity index (χ3v) is 4.17. The normalized spacial score (nSPS) is 25.2. The summed E-state index contributed by atoms with van der Waals surface area (Å²) >= 11 is 9.37. The van der Waals surface area contributed by atoms with Gasteiger partial charge in [-0.25, -0.2) is 4.39 Å². The van der Waals surface area contributed by atoms with Crippen LogP contribution in [0.3, 0.4) is 0 Å². The first-order chi connectivity index (χ1) is 7.97. The Morgan fingerprint density at radius 2 is 2.24 bits per heavy atom. The third-order valence-electron chi connectivity index (χ3n) is 3.24. The van der Waals surface area contributed by atoms with Crippen molar-refractivity contribution < 1.29 is 4.39 Å². The van der Waals surface area contributed by atoms with Crippen molar-refractivity contribution in [2.45, 2.75) is 25.4 Å². The molecule has 0 aliphatic carbocycles. The quantitative estimate of drug-likeness (QED) is 0.892. The molecule has 1 fully saturated rings. The van der Waals surface area contributed by atoms with Gasteiger partial charge in [0.1, 0.15) is 5.82 Å². The maximum Gasteiger partial charge on any atom is 0.125 e. The van der Waals surface area contributed by atoms with E-state index in [9.17, 15) is 4.39 Å². The van der Waals surface area contributed by atoms with Crippen molar-refractivity contribution in [1.82, 2.24) is 4.90 Å². The van der Waals surface area contributed by atoms with Crippen LogP contribution in [0.1, 0.15) is 13.3 Å². The van der Waals surface area contributed by atoms with Crippen LogP contribution in [0.15, 0.2) is 16.6 Å². The molecule has 1 aliphatic heterocycles. The molecule has 0 aromatic heterocycles. The Morgan fingerprint density at radius 3 is 2.76 bits per heavy atom. The van der Waals surface area contributed by atoms with Crippen LogP contribution in [-0.2, 0) is 0 Å². The van der Waals surface area contributed by atoms with Crippen LogP contribution in [0, 0.1) is 5.82 Å². The molecule has 1 saturated heterocycles. The van der Waals surface area contributed by atoms with Crippen molar-refractivity contribution in [2.75, 3.05) is 18.9 Å². The first kappa shape index (κ1) is 13.1. The summed E-state index contributed by atoms with van der Waals surface area (Å²) in [5, 5.41) is 3.79. The number of benzene rings is 1. The van der Waals surface area contributed by atoms with Crippen molar-refractivity contribution in [3.8, 4) is 0 Å². The second kappa shape index (κ2) is 5.12. The maximum atomic E-state index is 13.1. The lowest BCUT2D eigenvalue weighted by Gasteiger charge is -2.16. The Labute approximate surface area is 114 Å². The van der Waals surface area contributed by atoms with Gasteiger partial charge >= 0.3 is 0 Å². The average Bonchev–Trinajstić information content (AvgIpc) is 2.52. The minimum atomic E-state index is -0.329. The van der Waals surface area contributed by atoms with E-state index in [1.807, 2.05) is 0 Å². The number of hydrogen-bond donors (Lipinski definition) is 1. The lowest BCUT2D eigenvalue weighted by atomic mass is 10.2. The topological polar surface area (TPSA) is 15.3 Å². The van der Waals surface area contributed by atoms with Crippen molar-refractivity contribution in [3.05, 3.63) is 27.4 Å². The zero-order valence-corrected chi connectivity index (χ0v) is 12.1. The number of nitrogens with one attached hydrogen (secondary N) is 1. The number of likely N-dealkylation sites (N-methyl/N-ethyl adjacent to an activating group) is 1. The first-order valence-electron chi connectivity index (χ1n) is 5.58. The number of nitrogens with zero attached hydrogens (tertiary/aromatic N) is 1. The molecular formula is C12H15BrClFN2. The molecule has 94 valence electrons. The van der Waals surface area contributed by atoms with Crippen LogP contribution in [0.4, 0.5) is 10.1 Å². The van der Waals surface area contributed by atoms with Gasteiger partial charge in [-0.3, -0.25) is 0 Å². The fourth-order valence-electron chi connectivity index (χ4n) is 2.18. The van der Waals surface area contributed by atoms with Gasteiger partial charge in [0.2, 0.25) is 0 Å². The summed E-state index contributed by atoms with van der Waals surface area (Å²) in [7, 11) is 2.10. The molecule has 1 aromatic rings. The molecule has 2 atom stereocenters. The number of likely N-dealkylation sites (tertiary alicyclic amines) is 1. The molecule has 0 bridgehead atoms. The van der Waals surface area contributed by atoms with E-state index in [0.29, 0.717) is 21.6 Å². The number of hydrogen-bond acceptors (Lipinski definition) is 2. The van der Waals surface area contributed by atoms with E-state index < -0.39 is 0 Å². The lowest BCUT2D eigenvalue weighted by molar-refractivity contribution is 0.330. The standard InChI is InChI=1S/C12H15BrClFN2/c1-7-3-9(6-17(7)2)16-12-10(13)4-8(15)5-11(12)14/h4-5,7,9,16H,3,6H2,1-2H3. The predicted molar refractivity (Wildman–Crippen MR) is 73.2 cm³/mol. The fraction of sp³-hybridized carbons (Fsp3) is 0.500. The summed E-state index contributed by atoms with van der Waals surface area (Å²) < 4.78 is 13.8. The zero-order valence-electron chi connectivity index (χ0n) is 9.80. The van der Waals surface area contributed by atoms with E-state index in [0.717, 1.165) is 18.7 Å². The van der Waals surface area contributed by atoms with Crippen molar-refractivity contribution in [2.24, 2.45) is 0 Å². The molecule has 1 aromatic carbocycles. The molecule has 0 radical (unpaired) electrons. The smallest absolute Gasteiger partial charge is 0.125 e. The summed E-state index contributed by atoms with van der Waals surface area (Å²) in [6.07, 6.45) is 1.07. The average molecular weight is 322 g/mol. The van der Waals surface area contributed by atoms with Gasteiger partial charge in [0.15, 0.2) is 0 Å². The van der Waals surface area contributed by atoms with Crippen LogP contribution >= 0.6 is 27.5 Å². The number of halogens is 3. The van der Waals surface area contributed by atoms with Gasteiger partial charge < -0.3 is 10.2 Å². The van der Waals surface area contributed by atoms with Crippen LogP contribution < -0.4 is 5.32 Å². The fourth-order valence-corrected chi connectivity index (χ4v) is 3.10. The molecule has 1 N–H and O–H groups in total. The molecule has 0 spiro atoms. The number of rotatable bonds is 2. The highest BCUT2D eigenvalue weighted by Gasteiger charge is 2.26. The summed E-state index contributed by atoms with van der Waals surface area (Å²) in [6, 6.07) is 3.67. The maximum absolute atomic E-state index is 13.1. The molecule has 17 heavy (non-hydrogen) atoms.